The molecule has 3 nitrogen and oxygen atoms in total. The van der Waals surface area contributed by atoms with Crippen LogP contribution in [0.3, 0.4) is 0 Å². The third kappa shape index (κ3) is 3.38. The number of amides is 1. The summed E-state index contributed by atoms with van der Waals surface area (Å²) in [4.78, 5) is 18.9. The number of carbonyl (C=O) groups is 1. The van der Waals surface area contributed by atoms with E-state index in [1.54, 1.807) is 46.9 Å². The summed E-state index contributed by atoms with van der Waals surface area (Å²) in [6.07, 6.45) is 0. The first-order chi connectivity index (χ1) is 10.6. The van der Waals surface area contributed by atoms with E-state index in [1.807, 2.05) is 18.4 Å². The highest BCUT2D eigenvalue weighted by Gasteiger charge is 2.12. The van der Waals surface area contributed by atoms with Gasteiger partial charge in [-0.05, 0) is 36.6 Å². The molecular formula is C16H13ClN2OS2. The van der Waals surface area contributed by atoms with E-state index in [9.17, 15) is 4.79 Å². The fourth-order valence-corrected chi connectivity index (χ4v) is 3.98. The lowest BCUT2D eigenvalue weighted by atomic mass is 10.2. The maximum atomic E-state index is 12.1. The third-order valence-electron chi connectivity index (χ3n) is 3.12. The Kier molecular flexibility index (Phi) is 4.57. The Morgan fingerprint density at radius 3 is 2.91 bits per heavy atom. The van der Waals surface area contributed by atoms with Crippen LogP contribution in [0.25, 0.3) is 9.88 Å². The number of nitrogens with one attached hydrogen (secondary N) is 1. The molecule has 0 aliphatic rings. The van der Waals surface area contributed by atoms with E-state index < -0.39 is 0 Å². The smallest absolute Gasteiger partial charge is 0.251 e. The molecule has 0 fully saturated rings. The van der Waals surface area contributed by atoms with Gasteiger partial charge in [-0.1, -0.05) is 23.7 Å². The lowest BCUT2D eigenvalue weighted by Crippen LogP contribution is -2.22. The molecule has 0 saturated carbocycles. The van der Waals surface area contributed by atoms with Gasteiger partial charge in [-0.15, -0.1) is 22.7 Å². The first-order valence-corrected chi connectivity index (χ1v) is 8.75. The van der Waals surface area contributed by atoms with Crippen LogP contribution in [0.1, 0.15) is 20.9 Å². The largest absolute Gasteiger partial charge is 0.347 e. The molecule has 0 spiro atoms. The van der Waals surface area contributed by atoms with Gasteiger partial charge < -0.3 is 5.32 Å². The van der Waals surface area contributed by atoms with E-state index in [-0.39, 0.29) is 5.91 Å². The van der Waals surface area contributed by atoms with Crippen molar-refractivity contribution < 1.29 is 4.79 Å². The monoisotopic (exact) mass is 348 g/mol. The van der Waals surface area contributed by atoms with Crippen molar-refractivity contribution in [2.75, 3.05) is 0 Å². The van der Waals surface area contributed by atoms with Gasteiger partial charge in [-0.2, -0.15) is 0 Å². The molecule has 0 radical (unpaired) electrons. The van der Waals surface area contributed by atoms with Crippen molar-refractivity contribution in [2.24, 2.45) is 0 Å². The summed E-state index contributed by atoms with van der Waals surface area (Å²) in [6.45, 7) is 2.44. The molecular weight excluding hydrogens is 336 g/mol. The summed E-state index contributed by atoms with van der Waals surface area (Å²) in [7, 11) is 0. The van der Waals surface area contributed by atoms with Crippen molar-refractivity contribution in [3.05, 3.63) is 62.9 Å². The molecule has 3 aromatic rings. The number of benzene rings is 1. The summed E-state index contributed by atoms with van der Waals surface area (Å²) >= 11 is 9.19. The number of hydrogen-bond donors (Lipinski definition) is 1. The molecule has 0 bridgehead atoms. The van der Waals surface area contributed by atoms with Crippen LogP contribution in [0.5, 0.6) is 0 Å². The summed E-state index contributed by atoms with van der Waals surface area (Å²) in [5, 5.41) is 6.51. The minimum Gasteiger partial charge on any atom is -0.347 e. The molecule has 0 saturated heterocycles. The van der Waals surface area contributed by atoms with Crippen molar-refractivity contribution in [1.29, 1.82) is 0 Å². The molecule has 2 heterocycles. The number of aromatic nitrogens is 1. The average molecular weight is 349 g/mol. The van der Waals surface area contributed by atoms with Crippen LogP contribution < -0.4 is 5.32 Å². The van der Waals surface area contributed by atoms with Gasteiger partial charge in [0.15, 0.2) is 0 Å². The number of thiazole rings is 1. The van der Waals surface area contributed by atoms with Crippen LogP contribution in [0.15, 0.2) is 41.8 Å². The van der Waals surface area contributed by atoms with Gasteiger partial charge in [0, 0.05) is 15.5 Å². The van der Waals surface area contributed by atoms with E-state index >= 15 is 0 Å². The second-order valence-corrected chi connectivity index (χ2v) is 7.17. The first-order valence-electron chi connectivity index (χ1n) is 6.67. The Morgan fingerprint density at radius 2 is 2.18 bits per heavy atom. The molecule has 112 valence electrons. The van der Waals surface area contributed by atoms with Crippen molar-refractivity contribution >= 4 is 40.2 Å². The number of nitrogens with zero attached hydrogens (tertiary/aromatic N) is 1. The normalized spacial score (nSPS) is 10.6. The Balaban J connectivity index is 1.70. The fraction of sp³-hybridized carbons (Fsp3) is 0.125. The first kappa shape index (κ1) is 15.2. The van der Waals surface area contributed by atoms with Gasteiger partial charge in [0.2, 0.25) is 0 Å². The number of halogens is 1. The number of hydrogen-bond acceptors (Lipinski definition) is 4. The number of thiophene rings is 1. The van der Waals surface area contributed by atoms with Gasteiger partial charge in [-0.3, -0.25) is 4.79 Å². The molecule has 1 N–H and O–H groups in total. The van der Waals surface area contributed by atoms with Gasteiger partial charge in [-0.25, -0.2) is 4.98 Å². The highest BCUT2D eigenvalue weighted by molar-refractivity contribution is 7.21. The van der Waals surface area contributed by atoms with E-state index in [1.165, 1.54) is 0 Å². The number of carbonyl (C=O) groups excluding carboxylic acids is 1. The van der Waals surface area contributed by atoms with Crippen LogP contribution in [-0.4, -0.2) is 10.9 Å². The maximum absolute atomic E-state index is 12.1. The molecule has 0 atom stereocenters. The average Bonchev–Trinajstić information content (AvgIpc) is 3.14. The highest BCUT2D eigenvalue weighted by Crippen LogP contribution is 2.30. The molecule has 0 aliphatic heterocycles. The van der Waals surface area contributed by atoms with Crippen molar-refractivity contribution in [3.63, 3.8) is 0 Å². The quantitative estimate of drug-likeness (QED) is 0.738. The zero-order valence-electron chi connectivity index (χ0n) is 11.8. The summed E-state index contributed by atoms with van der Waals surface area (Å²) in [5.41, 5.74) is 1.52. The third-order valence-corrected chi connectivity index (χ3v) is 5.55. The molecule has 0 aliphatic carbocycles. The van der Waals surface area contributed by atoms with Crippen LogP contribution in [-0.2, 0) is 6.54 Å². The zero-order chi connectivity index (χ0) is 15.5. The SMILES string of the molecule is Cc1nc(-c2cccs2)sc1CNC(=O)c1cccc(Cl)c1. The summed E-state index contributed by atoms with van der Waals surface area (Å²) in [5.74, 6) is -0.132. The molecule has 1 aromatic carbocycles. The minimum absolute atomic E-state index is 0.132. The predicted octanol–water partition coefficient (Wildman–Crippen LogP) is 4.76. The van der Waals surface area contributed by atoms with Crippen molar-refractivity contribution in [3.8, 4) is 9.88 Å². The fourth-order valence-electron chi connectivity index (χ4n) is 1.99. The second-order valence-electron chi connectivity index (χ2n) is 4.70. The maximum Gasteiger partial charge on any atom is 0.251 e. The minimum atomic E-state index is -0.132. The Hall–Kier alpha value is -1.69. The number of aryl methyl sites for hydroxylation is 1. The topological polar surface area (TPSA) is 42.0 Å². The zero-order valence-corrected chi connectivity index (χ0v) is 14.2. The van der Waals surface area contributed by atoms with Crippen molar-refractivity contribution in [1.82, 2.24) is 10.3 Å². The van der Waals surface area contributed by atoms with Gasteiger partial charge in [0.1, 0.15) is 5.01 Å². The van der Waals surface area contributed by atoms with Gasteiger partial charge in [0.25, 0.3) is 5.91 Å². The lowest BCUT2D eigenvalue weighted by molar-refractivity contribution is 0.0951. The lowest BCUT2D eigenvalue weighted by Gasteiger charge is -2.04. The summed E-state index contributed by atoms with van der Waals surface area (Å²) in [6, 6.07) is 11.0. The van der Waals surface area contributed by atoms with Crippen LogP contribution >= 0.6 is 34.3 Å². The van der Waals surface area contributed by atoms with E-state index in [4.69, 9.17) is 11.6 Å². The molecule has 2 aromatic heterocycles. The van der Waals surface area contributed by atoms with E-state index in [0.29, 0.717) is 17.1 Å². The van der Waals surface area contributed by atoms with Crippen LogP contribution in [0, 0.1) is 6.92 Å². The second kappa shape index (κ2) is 6.60. The predicted molar refractivity (Wildman–Crippen MR) is 92.8 cm³/mol. The highest BCUT2D eigenvalue weighted by atomic mass is 35.5. The van der Waals surface area contributed by atoms with E-state index in [0.717, 1.165) is 20.5 Å². The summed E-state index contributed by atoms with van der Waals surface area (Å²) < 4.78 is 0. The standard InChI is InChI=1S/C16H13ClN2OS2/c1-10-14(22-16(19-10)13-6-3-7-21-13)9-18-15(20)11-4-2-5-12(17)8-11/h2-8H,9H2,1H3,(H,18,20). The Bertz CT molecular complexity index is 796. The Morgan fingerprint density at radius 1 is 1.32 bits per heavy atom. The molecule has 0 unspecified atom stereocenters. The van der Waals surface area contributed by atoms with E-state index in [2.05, 4.69) is 16.4 Å². The molecule has 22 heavy (non-hydrogen) atoms. The van der Waals surface area contributed by atoms with Crippen molar-refractivity contribution in [2.45, 2.75) is 13.5 Å². The van der Waals surface area contributed by atoms with Crippen LogP contribution in [0.2, 0.25) is 5.02 Å². The Labute approximate surface area is 141 Å². The molecule has 1 amide bonds. The van der Waals surface area contributed by atoms with Gasteiger partial charge >= 0.3 is 0 Å². The number of rotatable bonds is 4. The van der Waals surface area contributed by atoms with Crippen LogP contribution in [0.4, 0.5) is 0 Å². The molecule has 3 rings (SSSR count). The molecule has 6 heteroatoms. The van der Waals surface area contributed by atoms with Gasteiger partial charge in [0.05, 0.1) is 17.1 Å².